The Balaban J connectivity index is 1.42. The third kappa shape index (κ3) is 6.49. The summed E-state index contributed by atoms with van der Waals surface area (Å²) in [6.07, 6.45) is 4.80. The molecule has 0 bridgehead atoms. The Morgan fingerprint density at radius 1 is 1.10 bits per heavy atom. The minimum atomic E-state index is -0.600. The number of amides is 1. The van der Waals surface area contributed by atoms with Crippen LogP contribution in [0.25, 0.3) is 11.3 Å². The average molecular weight is 424 g/mol. The standard InChI is InChI=1S/C23H25N3O3S/c1-16(27)3-4-18-5-7-20(8-6-18)29-17(2)23(28)25-14-11-22-26-21(15-30-22)19-9-12-24-13-10-19/h5-10,12-13,15,17H,3-4,11,14H2,1-2H3,(H,25,28). The summed E-state index contributed by atoms with van der Waals surface area (Å²) in [6.45, 7) is 3.82. The summed E-state index contributed by atoms with van der Waals surface area (Å²) >= 11 is 1.58. The van der Waals surface area contributed by atoms with Crippen molar-refractivity contribution >= 4 is 23.0 Å². The van der Waals surface area contributed by atoms with Gasteiger partial charge in [-0.05, 0) is 50.1 Å². The van der Waals surface area contributed by atoms with E-state index in [9.17, 15) is 9.59 Å². The summed E-state index contributed by atoms with van der Waals surface area (Å²) in [5.74, 6) is 0.639. The molecule has 2 heterocycles. The van der Waals surface area contributed by atoms with Gasteiger partial charge in [-0.1, -0.05) is 12.1 Å². The molecule has 0 spiro atoms. The van der Waals surface area contributed by atoms with Crippen LogP contribution in [0.3, 0.4) is 0 Å². The first-order valence-electron chi connectivity index (χ1n) is 9.89. The van der Waals surface area contributed by atoms with Gasteiger partial charge in [-0.2, -0.15) is 0 Å². The number of thiazole rings is 1. The van der Waals surface area contributed by atoms with Crippen LogP contribution in [0.1, 0.15) is 30.8 Å². The molecule has 1 amide bonds. The Morgan fingerprint density at radius 2 is 1.83 bits per heavy atom. The number of carbonyl (C=O) groups excluding carboxylic acids is 2. The molecule has 0 aliphatic heterocycles. The van der Waals surface area contributed by atoms with Crippen molar-refractivity contribution in [3.8, 4) is 17.0 Å². The molecule has 0 fully saturated rings. The van der Waals surface area contributed by atoms with Gasteiger partial charge in [0, 0.05) is 42.7 Å². The second kappa shape index (κ2) is 10.6. The Bertz CT molecular complexity index is 971. The molecule has 0 aliphatic carbocycles. The van der Waals surface area contributed by atoms with E-state index >= 15 is 0 Å². The number of benzene rings is 1. The summed E-state index contributed by atoms with van der Waals surface area (Å²) in [6, 6.07) is 11.4. The van der Waals surface area contributed by atoms with E-state index in [0.717, 1.165) is 21.8 Å². The summed E-state index contributed by atoms with van der Waals surface area (Å²) < 4.78 is 5.72. The fourth-order valence-corrected chi connectivity index (χ4v) is 3.64. The van der Waals surface area contributed by atoms with Crippen LogP contribution in [0.5, 0.6) is 5.75 Å². The van der Waals surface area contributed by atoms with E-state index in [1.54, 1.807) is 37.6 Å². The zero-order valence-electron chi connectivity index (χ0n) is 17.1. The number of pyridine rings is 1. The highest BCUT2D eigenvalue weighted by Gasteiger charge is 2.14. The van der Waals surface area contributed by atoms with Crippen molar-refractivity contribution in [1.29, 1.82) is 0 Å². The molecule has 3 rings (SSSR count). The van der Waals surface area contributed by atoms with Crippen molar-refractivity contribution in [2.75, 3.05) is 6.54 Å². The third-order valence-electron chi connectivity index (χ3n) is 4.54. The van der Waals surface area contributed by atoms with Gasteiger partial charge in [0.1, 0.15) is 11.5 Å². The second-order valence-corrected chi connectivity index (χ2v) is 7.95. The van der Waals surface area contributed by atoms with Crippen LogP contribution in [0, 0.1) is 0 Å². The van der Waals surface area contributed by atoms with Gasteiger partial charge >= 0.3 is 0 Å². The van der Waals surface area contributed by atoms with Gasteiger partial charge in [-0.15, -0.1) is 11.3 Å². The van der Waals surface area contributed by atoms with Crippen molar-refractivity contribution in [3.63, 3.8) is 0 Å². The summed E-state index contributed by atoms with van der Waals surface area (Å²) in [5, 5.41) is 5.88. The molecule has 1 aromatic carbocycles. The fourth-order valence-electron chi connectivity index (χ4n) is 2.83. The maximum absolute atomic E-state index is 12.3. The van der Waals surface area contributed by atoms with Gasteiger partial charge in [-0.25, -0.2) is 4.98 Å². The molecule has 0 saturated heterocycles. The van der Waals surface area contributed by atoms with Gasteiger partial charge in [0.25, 0.3) is 5.91 Å². The normalized spacial score (nSPS) is 11.7. The van der Waals surface area contributed by atoms with Crippen molar-refractivity contribution in [2.24, 2.45) is 0 Å². The average Bonchev–Trinajstić information content (AvgIpc) is 3.22. The SMILES string of the molecule is CC(=O)CCc1ccc(OC(C)C(=O)NCCc2nc(-c3ccncc3)cs2)cc1. The number of ketones is 1. The number of rotatable bonds is 10. The first kappa shape index (κ1) is 21.6. The highest BCUT2D eigenvalue weighted by atomic mass is 32.1. The van der Waals surface area contributed by atoms with Gasteiger partial charge in [0.15, 0.2) is 6.10 Å². The fraction of sp³-hybridized carbons (Fsp3) is 0.304. The minimum absolute atomic E-state index is 0.165. The number of carbonyl (C=O) groups is 2. The van der Waals surface area contributed by atoms with Crippen LogP contribution in [0.15, 0.2) is 54.2 Å². The monoisotopic (exact) mass is 423 g/mol. The molecule has 2 aromatic heterocycles. The van der Waals surface area contributed by atoms with E-state index < -0.39 is 6.10 Å². The molecule has 1 unspecified atom stereocenters. The molecule has 3 aromatic rings. The third-order valence-corrected chi connectivity index (χ3v) is 5.45. The predicted octanol–water partition coefficient (Wildman–Crippen LogP) is 3.85. The van der Waals surface area contributed by atoms with E-state index in [0.29, 0.717) is 31.6 Å². The minimum Gasteiger partial charge on any atom is -0.481 e. The molecule has 0 aliphatic rings. The Labute approximate surface area is 180 Å². The number of ether oxygens (including phenoxy) is 1. The molecule has 0 saturated carbocycles. The van der Waals surface area contributed by atoms with Gasteiger partial charge in [0.2, 0.25) is 0 Å². The van der Waals surface area contributed by atoms with Crippen molar-refractivity contribution in [3.05, 3.63) is 64.7 Å². The molecule has 1 atom stereocenters. The molecular weight excluding hydrogens is 398 g/mol. The number of aryl methyl sites for hydroxylation is 1. The van der Waals surface area contributed by atoms with Crippen LogP contribution in [0.2, 0.25) is 0 Å². The highest BCUT2D eigenvalue weighted by molar-refractivity contribution is 7.09. The lowest BCUT2D eigenvalue weighted by Gasteiger charge is -2.14. The van der Waals surface area contributed by atoms with Crippen LogP contribution in [-0.2, 0) is 22.4 Å². The largest absolute Gasteiger partial charge is 0.481 e. The zero-order chi connectivity index (χ0) is 21.3. The Morgan fingerprint density at radius 3 is 2.53 bits per heavy atom. The number of hydrogen-bond donors (Lipinski definition) is 1. The van der Waals surface area contributed by atoms with Crippen molar-refractivity contribution in [1.82, 2.24) is 15.3 Å². The predicted molar refractivity (Wildman–Crippen MR) is 118 cm³/mol. The highest BCUT2D eigenvalue weighted by Crippen LogP contribution is 2.21. The first-order chi connectivity index (χ1) is 14.5. The van der Waals surface area contributed by atoms with Gasteiger partial charge in [-0.3, -0.25) is 9.78 Å². The van der Waals surface area contributed by atoms with E-state index in [-0.39, 0.29) is 11.7 Å². The van der Waals surface area contributed by atoms with Crippen molar-refractivity contribution in [2.45, 2.75) is 39.2 Å². The Kier molecular flexibility index (Phi) is 7.68. The lowest BCUT2D eigenvalue weighted by atomic mass is 10.1. The van der Waals surface area contributed by atoms with E-state index in [4.69, 9.17) is 4.74 Å². The van der Waals surface area contributed by atoms with Crippen LogP contribution in [0.4, 0.5) is 0 Å². The van der Waals surface area contributed by atoms with E-state index in [1.165, 1.54) is 0 Å². The molecular formula is C23H25N3O3S. The van der Waals surface area contributed by atoms with Gasteiger partial charge < -0.3 is 14.8 Å². The molecule has 30 heavy (non-hydrogen) atoms. The number of hydrogen-bond acceptors (Lipinski definition) is 6. The second-order valence-electron chi connectivity index (χ2n) is 7.01. The molecule has 6 nitrogen and oxygen atoms in total. The molecule has 7 heteroatoms. The number of aromatic nitrogens is 2. The summed E-state index contributed by atoms with van der Waals surface area (Å²) in [7, 11) is 0. The lowest BCUT2D eigenvalue weighted by molar-refractivity contribution is -0.127. The first-order valence-corrected chi connectivity index (χ1v) is 10.8. The smallest absolute Gasteiger partial charge is 0.260 e. The van der Waals surface area contributed by atoms with Gasteiger partial charge in [0.05, 0.1) is 10.7 Å². The zero-order valence-corrected chi connectivity index (χ0v) is 17.9. The lowest BCUT2D eigenvalue weighted by Crippen LogP contribution is -2.37. The van der Waals surface area contributed by atoms with Crippen LogP contribution in [-0.4, -0.2) is 34.3 Å². The van der Waals surface area contributed by atoms with Crippen LogP contribution < -0.4 is 10.1 Å². The van der Waals surface area contributed by atoms with Crippen LogP contribution >= 0.6 is 11.3 Å². The quantitative estimate of drug-likeness (QED) is 0.536. The van der Waals surface area contributed by atoms with Crippen molar-refractivity contribution < 1.29 is 14.3 Å². The molecule has 1 N–H and O–H groups in total. The maximum atomic E-state index is 12.3. The number of nitrogens with one attached hydrogen (secondary N) is 1. The van der Waals surface area contributed by atoms with E-state index in [1.807, 2.05) is 41.8 Å². The Hall–Kier alpha value is -3.06. The molecule has 0 radical (unpaired) electrons. The van der Waals surface area contributed by atoms with E-state index in [2.05, 4.69) is 15.3 Å². The molecule has 156 valence electrons. The summed E-state index contributed by atoms with van der Waals surface area (Å²) in [4.78, 5) is 32.0. The summed E-state index contributed by atoms with van der Waals surface area (Å²) in [5.41, 5.74) is 3.03. The topological polar surface area (TPSA) is 81.2 Å². The number of nitrogens with zero attached hydrogens (tertiary/aromatic N) is 2. The maximum Gasteiger partial charge on any atom is 0.260 e. The number of Topliss-reactive ketones (excluding diaryl/α,β-unsaturated/α-hetero) is 1.